The summed E-state index contributed by atoms with van der Waals surface area (Å²) in [6.07, 6.45) is 4.69. The number of nitrogens with one attached hydrogen (secondary N) is 2. The molecule has 0 saturated heterocycles. The summed E-state index contributed by atoms with van der Waals surface area (Å²) in [4.78, 5) is 12.5. The molecule has 2 aliphatic carbocycles. The monoisotopic (exact) mass is 315 g/mol. The minimum absolute atomic E-state index is 0.0471. The SMILES string of the molecule is O=C(NC(c1ccc(Cl)cc1)C1CC1)c1cc(C2CC2)[nH]n1. The quantitative estimate of drug-likeness (QED) is 0.881. The number of hydrogen-bond acceptors (Lipinski definition) is 2. The van der Waals surface area contributed by atoms with Gasteiger partial charge in [-0.05, 0) is 55.4 Å². The Balaban J connectivity index is 1.50. The van der Waals surface area contributed by atoms with Crippen molar-refractivity contribution < 1.29 is 4.79 Å². The normalized spacial score (nSPS) is 19.0. The Morgan fingerprint density at radius 3 is 2.59 bits per heavy atom. The van der Waals surface area contributed by atoms with E-state index in [0.717, 1.165) is 24.1 Å². The van der Waals surface area contributed by atoms with Gasteiger partial charge in [-0.1, -0.05) is 23.7 Å². The number of nitrogens with zero attached hydrogens (tertiary/aromatic N) is 1. The molecule has 0 aliphatic heterocycles. The summed E-state index contributed by atoms with van der Waals surface area (Å²) >= 11 is 5.95. The second-order valence-corrected chi connectivity index (χ2v) is 6.76. The highest BCUT2D eigenvalue weighted by atomic mass is 35.5. The van der Waals surface area contributed by atoms with Gasteiger partial charge in [0, 0.05) is 16.6 Å². The van der Waals surface area contributed by atoms with Crippen LogP contribution in [0.25, 0.3) is 0 Å². The fourth-order valence-electron chi connectivity index (χ4n) is 2.84. The molecule has 1 atom stereocenters. The van der Waals surface area contributed by atoms with Crippen molar-refractivity contribution in [1.29, 1.82) is 0 Å². The van der Waals surface area contributed by atoms with Crippen LogP contribution in [0.1, 0.15) is 59.4 Å². The van der Waals surface area contributed by atoms with E-state index in [4.69, 9.17) is 11.6 Å². The third kappa shape index (κ3) is 2.88. The minimum Gasteiger partial charge on any atom is -0.344 e. The molecule has 2 fully saturated rings. The Morgan fingerprint density at radius 1 is 1.23 bits per heavy atom. The number of benzene rings is 1. The largest absolute Gasteiger partial charge is 0.344 e. The standard InChI is InChI=1S/C17H18ClN3O/c18-13-7-5-12(6-8-13)16(11-3-4-11)19-17(22)15-9-14(20-21-15)10-1-2-10/h5-11,16H,1-4H2,(H,19,22)(H,20,21). The molecule has 1 unspecified atom stereocenters. The predicted octanol–water partition coefficient (Wildman–Crippen LogP) is 3.82. The molecule has 0 radical (unpaired) electrons. The highest BCUT2D eigenvalue weighted by molar-refractivity contribution is 6.30. The zero-order valence-corrected chi connectivity index (χ0v) is 12.9. The first kappa shape index (κ1) is 13.8. The van der Waals surface area contributed by atoms with E-state index in [0.29, 0.717) is 22.6 Å². The van der Waals surface area contributed by atoms with Gasteiger partial charge in [0.05, 0.1) is 6.04 Å². The predicted molar refractivity (Wildman–Crippen MR) is 84.9 cm³/mol. The van der Waals surface area contributed by atoms with Crippen molar-refractivity contribution in [1.82, 2.24) is 15.5 Å². The molecule has 2 aliphatic rings. The van der Waals surface area contributed by atoms with Gasteiger partial charge < -0.3 is 5.32 Å². The van der Waals surface area contributed by atoms with Gasteiger partial charge in [0.25, 0.3) is 5.91 Å². The maximum Gasteiger partial charge on any atom is 0.272 e. The average molecular weight is 316 g/mol. The molecule has 1 aromatic heterocycles. The summed E-state index contributed by atoms with van der Waals surface area (Å²) in [6, 6.07) is 9.66. The molecule has 0 bridgehead atoms. The van der Waals surface area contributed by atoms with Crippen LogP contribution in [0.5, 0.6) is 0 Å². The smallest absolute Gasteiger partial charge is 0.272 e. The van der Waals surface area contributed by atoms with Crippen molar-refractivity contribution in [3.63, 3.8) is 0 Å². The lowest BCUT2D eigenvalue weighted by Gasteiger charge is -2.18. The number of H-pyrrole nitrogens is 1. The van der Waals surface area contributed by atoms with Gasteiger partial charge in [-0.25, -0.2) is 0 Å². The number of aromatic amines is 1. The summed E-state index contributed by atoms with van der Waals surface area (Å²) in [5, 5.41) is 11.0. The highest BCUT2D eigenvalue weighted by Crippen LogP contribution is 2.41. The Morgan fingerprint density at radius 2 is 1.95 bits per heavy atom. The molecule has 22 heavy (non-hydrogen) atoms. The molecule has 4 nitrogen and oxygen atoms in total. The highest BCUT2D eigenvalue weighted by Gasteiger charge is 2.34. The number of carbonyl (C=O) groups excluding carboxylic acids is 1. The topological polar surface area (TPSA) is 57.8 Å². The number of carbonyl (C=O) groups is 1. The minimum atomic E-state index is -0.102. The van der Waals surface area contributed by atoms with E-state index in [-0.39, 0.29) is 11.9 Å². The van der Waals surface area contributed by atoms with E-state index < -0.39 is 0 Å². The maximum absolute atomic E-state index is 12.5. The van der Waals surface area contributed by atoms with Crippen molar-refractivity contribution in [2.75, 3.05) is 0 Å². The van der Waals surface area contributed by atoms with Crippen LogP contribution in [0.2, 0.25) is 5.02 Å². The molecule has 2 saturated carbocycles. The second-order valence-electron chi connectivity index (χ2n) is 6.32. The van der Waals surface area contributed by atoms with Crippen LogP contribution < -0.4 is 5.32 Å². The van der Waals surface area contributed by atoms with Crippen LogP contribution in [0.4, 0.5) is 0 Å². The summed E-state index contributed by atoms with van der Waals surface area (Å²) in [6.45, 7) is 0. The van der Waals surface area contributed by atoms with Crippen LogP contribution in [0.3, 0.4) is 0 Å². The molecule has 2 aromatic rings. The number of amides is 1. The van der Waals surface area contributed by atoms with Gasteiger partial charge in [0.1, 0.15) is 5.69 Å². The van der Waals surface area contributed by atoms with Crippen molar-refractivity contribution in [3.8, 4) is 0 Å². The van der Waals surface area contributed by atoms with E-state index >= 15 is 0 Å². The molecule has 4 rings (SSSR count). The number of rotatable bonds is 5. The summed E-state index contributed by atoms with van der Waals surface area (Å²) in [5.74, 6) is 0.992. The molecule has 1 amide bonds. The van der Waals surface area contributed by atoms with Crippen LogP contribution in [0, 0.1) is 5.92 Å². The Bertz CT molecular complexity index is 686. The van der Waals surface area contributed by atoms with Crippen LogP contribution in [-0.2, 0) is 0 Å². The van der Waals surface area contributed by atoms with Crippen molar-refractivity contribution in [2.45, 2.75) is 37.6 Å². The first-order valence-corrected chi connectivity index (χ1v) is 8.20. The molecular formula is C17H18ClN3O. The molecule has 5 heteroatoms. The van der Waals surface area contributed by atoms with E-state index in [1.807, 2.05) is 30.3 Å². The van der Waals surface area contributed by atoms with Gasteiger partial charge in [-0.2, -0.15) is 5.10 Å². The Kier molecular flexibility index (Phi) is 3.41. The van der Waals surface area contributed by atoms with E-state index in [9.17, 15) is 4.79 Å². The fraction of sp³-hybridized carbons (Fsp3) is 0.412. The van der Waals surface area contributed by atoms with Gasteiger partial charge >= 0.3 is 0 Å². The lowest BCUT2D eigenvalue weighted by molar-refractivity contribution is 0.0926. The summed E-state index contributed by atoms with van der Waals surface area (Å²) in [5.41, 5.74) is 2.68. The van der Waals surface area contributed by atoms with Gasteiger partial charge in [-0.15, -0.1) is 0 Å². The molecule has 0 spiro atoms. The number of hydrogen-bond donors (Lipinski definition) is 2. The summed E-state index contributed by atoms with van der Waals surface area (Å²) in [7, 11) is 0. The van der Waals surface area contributed by atoms with Gasteiger partial charge in [0.15, 0.2) is 0 Å². The molecule has 2 N–H and O–H groups in total. The number of halogens is 1. The zero-order valence-electron chi connectivity index (χ0n) is 12.2. The van der Waals surface area contributed by atoms with Gasteiger partial charge in [0.2, 0.25) is 0 Å². The van der Waals surface area contributed by atoms with Crippen LogP contribution in [0.15, 0.2) is 30.3 Å². The maximum atomic E-state index is 12.5. The molecule has 114 valence electrons. The lowest BCUT2D eigenvalue weighted by Crippen LogP contribution is -2.30. The molecule has 1 heterocycles. The zero-order chi connectivity index (χ0) is 15.1. The first-order valence-electron chi connectivity index (χ1n) is 7.82. The van der Waals surface area contributed by atoms with Crippen molar-refractivity contribution in [2.24, 2.45) is 5.92 Å². The molecule has 1 aromatic carbocycles. The van der Waals surface area contributed by atoms with Crippen LogP contribution in [-0.4, -0.2) is 16.1 Å². The Labute approximate surface area is 134 Å². The lowest BCUT2D eigenvalue weighted by atomic mass is 10.0. The molecular weight excluding hydrogens is 298 g/mol. The summed E-state index contributed by atoms with van der Waals surface area (Å²) < 4.78 is 0. The van der Waals surface area contributed by atoms with Gasteiger partial charge in [-0.3, -0.25) is 9.89 Å². The van der Waals surface area contributed by atoms with E-state index in [2.05, 4.69) is 15.5 Å². The van der Waals surface area contributed by atoms with Crippen LogP contribution >= 0.6 is 11.6 Å². The fourth-order valence-corrected chi connectivity index (χ4v) is 2.97. The van der Waals surface area contributed by atoms with E-state index in [1.54, 1.807) is 0 Å². The average Bonchev–Trinajstić information content (AvgIpc) is 3.45. The third-order valence-corrected chi connectivity index (χ3v) is 4.71. The Hall–Kier alpha value is -1.81. The first-order chi connectivity index (χ1) is 10.7. The third-order valence-electron chi connectivity index (χ3n) is 4.46. The second kappa shape index (κ2) is 5.43. The number of aromatic nitrogens is 2. The van der Waals surface area contributed by atoms with E-state index in [1.165, 1.54) is 12.8 Å². The van der Waals surface area contributed by atoms with Crippen molar-refractivity contribution in [3.05, 3.63) is 52.3 Å². The van der Waals surface area contributed by atoms with Crippen molar-refractivity contribution >= 4 is 17.5 Å².